The molecule has 0 aliphatic carbocycles. The molecule has 102 valence electrons. The summed E-state index contributed by atoms with van der Waals surface area (Å²) in [5, 5.41) is 10.8. The summed E-state index contributed by atoms with van der Waals surface area (Å²) in [4.78, 5) is 4.52. The molecule has 0 saturated carbocycles. The second kappa shape index (κ2) is 5.46. The molecular weight excluding hydrogens is 268 g/mol. The van der Waals surface area contributed by atoms with E-state index < -0.39 is 0 Å². The molecule has 3 rings (SSSR count). The Bertz CT molecular complexity index is 714. The van der Waals surface area contributed by atoms with Crippen LogP contribution in [0.2, 0.25) is 0 Å². The first-order valence-corrected chi connectivity index (χ1v) is 7.32. The molecule has 2 aromatic heterocycles. The van der Waals surface area contributed by atoms with Gasteiger partial charge in [-0.05, 0) is 19.1 Å². The zero-order valence-corrected chi connectivity index (χ0v) is 12.3. The molecule has 0 fully saturated rings. The van der Waals surface area contributed by atoms with E-state index in [1.165, 1.54) is 5.56 Å². The highest BCUT2D eigenvalue weighted by molar-refractivity contribution is 7.09. The average molecular weight is 284 g/mol. The monoisotopic (exact) mass is 284 g/mol. The molecule has 1 N–H and O–H groups in total. The predicted octanol–water partition coefficient (Wildman–Crippen LogP) is 3.46. The number of benzene rings is 1. The van der Waals surface area contributed by atoms with Crippen LogP contribution in [0.5, 0.6) is 0 Å². The smallest absolute Gasteiger partial charge is 0.0901 e. The quantitative estimate of drug-likeness (QED) is 0.797. The van der Waals surface area contributed by atoms with Gasteiger partial charge < -0.3 is 5.32 Å². The van der Waals surface area contributed by atoms with Gasteiger partial charge in [-0.1, -0.05) is 12.1 Å². The summed E-state index contributed by atoms with van der Waals surface area (Å²) in [7, 11) is 1.93. The van der Waals surface area contributed by atoms with Gasteiger partial charge >= 0.3 is 0 Å². The van der Waals surface area contributed by atoms with Crippen LogP contribution in [0.1, 0.15) is 10.6 Å². The van der Waals surface area contributed by atoms with Crippen LogP contribution < -0.4 is 5.32 Å². The first-order valence-electron chi connectivity index (χ1n) is 6.45. The number of aromatic nitrogens is 3. The van der Waals surface area contributed by atoms with E-state index in [1.54, 1.807) is 11.3 Å². The Kier molecular flexibility index (Phi) is 3.52. The van der Waals surface area contributed by atoms with E-state index in [4.69, 9.17) is 0 Å². The number of hydrogen-bond acceptors (Lipinski definition) is 4. The minimum absolute atomic E-state index is 0.771. The predicted molar refractivity (Wildman–Crippen MR) is 82.8 cm³/mol. The van der Waals surface area contributed by atoms with Crippen LogP contribution in [0, 0.1) is 6.92 Å². The Morgan fingerprint density at radius 2 is 2.25 bits per heavy atom. The minimum atomic E-state index is 0.771. The van der Waals surface area contributed by atoms with Gasteiger partial charge in [0, 0.05) is 42.0 Å². The Balaban J connectivity index is 1.74. The van der Waals surface area contributed by atoms with E-state index in [0.717, 1.165) is 28.5 Å². The van der Waals surface area contributed by atoms with Crippen LogP contribution in [-0.4, -0.2) is 14.8 Å². The molecule has 0 radical (unpaired) electrons. The lowest BCUT2D eigenvalue weighted by Gasteiger charge is -2.06. The Labute approximate surface area is 122 Å². The molecule has 0 unspecified atom stereocenters. The van der Waals surface area contributed by atoms with Crippen molar-refractivity contribution in [1.29, 1.82) is 0 Å². The van der Waals surface area contributed by atoms with Crippen molar-refractivity contribution in [2.24, 2.45) is 7.05 Å². The first-order chi connectivity index (χ1) is 9.70. The number of anilines is 1. The van der Waals surface area contributed by atoms with E-state index >= 15 is 0 Å². The molecule has 0 saturated heterocycles. The highest BCUT2D eigenvalue weighted by Crippen LogP contribution is 2.24. The molecule has 0 atom stereocenters. The molecule has 0 aliphatic rings. The standard InChI is InChI=1S/C15H16N4S/c1-11-18-15(10-20-11)13-4-3-5-14(6-13)16-7-12-8-17-19(2)9-12/h3-6,8-10,16H,7H2,1-2H3. The maximum absolute atomic E-state index is 4.52. The molecule has 2 heterocycles. The molecule has 20 heavy (non-hydrogen) atoms. The number of thiazole rings is 1. The van der Waals surface area contributed by atoms with Crippen molar-refractivity contribution in [1.82, 2.24) is 14.8 Å². The van der Waals surface area contributed by atoms with E-state index in [9.17, 15) is 0 Å². The Hall–Kier alpha value is -2.14. The molecule has 4 nitrogen and oxygen atoms in total. The van der Waals surface area contributed by atoms with E-state index in [1.807, 2.05) is 31.0 Å². The van der Waals surface area contributed by atoms with Crippen LogP contribution in [0.25, 0.3) is 11.3 Å². The Morgan fingerprint density at radius 1 is 1.35 bits per heavy atom. The van der Waals surface area contributed by atoms with Crippen LogP contribution in [0.3, 0.4) is 0 Å². The van der Waals surface area contributed by atoms with Gasteiger partial charge in [-0.15, -0.1) is 11.3 Å². The number of nitrogens with zero attached hydrogens (tertiary/aromatic N) is 3. The topological polar surface area (TPSA) is 42.7 Å². The number of rotatable bonds is 4. The largest absolute Gasteiger partial charge is 0.381 e. The highest BCUT2D eigenvalue weighted by Gasteiger charge is 2.03. The lowest BCUT2D eigenvalue weighted by Crippen LogP contribution is -1.98. The molecule has 0 bridgehead atoms. The van der Waals surface area contributed by atoms with Crippen molar-refractivity contribution >= 4 is 17.0 Å². The highest BCUT2D eigenvalue weighted by atomic mass is 32.1. The van der Waals surface area contributed by atoms with Crippen molar-refractivity contribution in [2.45, 2.75) is 13.5 Å². The van der Waals surface area contributed by atoms with Crippen molar-refractivity contribution < 1.29 is 0 Å². The molecule has 0 amide bonds. The summed E-state index contributed by atoms with van der Waals surface area (Å²) >= 11 is 1.68. The number of aryl methyl sites for hydroxylation is 2. The minimum Gasteiger partial charge on any atom is -0.381 e. The van der Waals surface area contributed by atoms with Crippen LogP contribution >= 0.6 is 11.3 Å². The van der Waals surface area contributed by atoms with Crippen LogP contribution in [-0.2, 0) is 13.6 Å². The zero-order valence-electron chi connectivity index (χ0n) is 11.5. The SMILES string of the molecule is Cc1nc(-c2cccc(NCc3cnn(C)c3)c2)cs1. The number of hydrogen-bond donors (Lipinski definition) is 1. The third-order valence-corrected chi connectivity index (χ3v) is 3.81. The fourth-order valence-corrected chi connectivity index (χ4v) is 2.67. The van der Waals surface area contributed by atoms with Gasteiger partial charge in [0.25, 0.3) is 0 Å². The van der Waals surface area contributed by atoms with Gasteiger partial charge in [0.2, 0.25) is 0 Å². The van der Waals surface area contributed by atoms with Gasteiger partial charge in [0.05, 0.1) is 16.9 Å². The number of nitrogens with one attached hydrogen (secondary N) is 1. The zero-order chi connectivity index (χ0) is 13.9. The fraction of sp³-hybridized carbons (Fsp3) is 0.200. The summed E-state index contributed by atoms with van der Waals surface area (Å²) in [6, 6.07) is 8.34. The van der Waals surface area contributed by atoms with E-state index in [-0.39, 0.29) is 0 Å². The van der Waals surface area contributed by atoms with E-state index in [2.05, 4.69) is 45.0 Å². The van der Waals surface area contributed by atoms with Crippen molar-refractivity contribution in [3.05, 3.63) is 52.6 Å². The van der Waals surface area contributed by atoms with Gasteiger partial charge in [0.15, 0.2) is 0 Å². The van der Waals surface area contributed by atoms with Crippen LogP contribution in [0.15, 0.2) is 42.0 Å². The molecule has 1 aromatic carbocycles. The van der Waals surface area contributed by atoms with Gasteiger partial charge in [-0.25, -0.2) is 4.98 Å². The lowest BCUT2D eigenvalue weighted by atomic mass is 10.1. The first kappa shape index (κ1) is 12.9. The van der Waals surface area contributed by atoms with Gasteiger partial charge in [0.1, 0.15) is 0 Å². The maximum atomic E-state index is 4.52. The second-order valence-corrected chi connectivity index (χ2v) is 5.77. The maximum Gasteiger partial charge on any atom is 0.0901 e. The second-order valence-electron chi connectivity index (χ2n) is 4.71. The summed E-state index contributed by atoms with van der Waals surface area (Å²) in [5.41, 5.74) is 4.45. The molecule has 3 aromatic rings. The van der Waals surface area contributed by atoms with E-state index in [0.29, 0.717) is 0 Å². The molecule has 0 aliphatic heterocycles. The summed E-state index contributed by atoms with van der Waals surface area (Å²) in [6.07, 6.45) is 3.89. The summed E-state index contributed by atoms with van der Waals surface area (Å²) < 4.78 is 1.81. The summed E-state index contributed by atoms with van der Waals surface area (Å²) in [5.74, 6) is 0. The van der Waals surface area contributed by atoms with Gasteiger partial charge in [-0.2, -0.15) is 5.10 Å². The lowest BCUT2D eigenvalue weighted by molar-refractivity contribution is 0.767. The normalized spacial score (nSPS) is 10.7. The third-order valence-electron chi connectivity index (χ3n) is 3.03. The molecular formula is C15H16N4S. The Morgan fingerprint density at radius 3 is 2.95 bits per heavy atom. The van der Waals surface area contributed by atoms with Crippen molar-refractivity contribution in [3.8, 4) is 11.3 Å². The fourth-order valence-electron chi connectivity index (χ4n) is 2.05. The molecule has 5 heteroatoms. The van der Waals surface area contributed by atoms with Crippen molar-refractivity contribution in [2.75, 3.05) is 5.32 Å². The van der Waals surface area contributed by atoms with Gasteiger partial charge in [-0.3, -0.25) is 4.68 Å². The molecule has 0 spiro atoms. The average Bonchev–Trinajstić information content (AvgIpc) is 3.06. The van der Waals surface area contributed by atoms with Crippen LogP contribution in [0.4, 0.5) is 5.69 Å². The third kappa shape index (κ3) is 2.88. The summed E-state index contributed by atoms with van der Waals surface area (Å²) in [6.45, 7) is 2.80. The van der Waals surface area contributed by atoms with Crippen molar-refractivity contribution in [3.63, 3.8) is 0 Å².